The van der Waals surface area contributed by atoms with E-state index in [1.165, 1.54) is 18.4 Å². The Balaban J connectivity index is 1.88. The lowest BCUT2D eigenvalue weighted by molar-refractivity contribution is -0.139. The third-order valence-electron chi connectivity index (χ3n) is 6.66. The van der Waals surface area contributed by atoms with E-state index in [0.717, 1.165) is 44.5 Å². The predicted molar refractivity (Wildman–Crippen MR) is 144 cm³/mol. The van der Waals surface area contributed by atoms with E-state index in [9.17, 15) is 9.59 Å². The van der Waals surface area contributed by atoms with Gasteiger partial charge < -0.3 is 19.1 Å². The molecule has 0 radical (unpaired) electrons. The van der Waals surface area contributed by atoms with E-state index in [-0.39, 0.29) is 6.61 Å². The zero-order valence-electron chi connectivity index (χ0n) is 21.8. The summed E-state index contributed by atoms with van der Waals surface area (Å²) < 4.78 is 15.9. The number of thiazole rings is 1. The molecule has 1 aliphatic rings. The Labute approximate surface area is 221 Å². The van der Waals surface area contributed by atoms with Crippen molar-refractivity contribution in [2.24, 2.45) is 0 Å². The molecule has 1 aromatic heterocycles. The zero-order valence-corrected chi connectivity index (χ0v) is 22.6. The average Bonchev–Trinajstić information content (AvgIpc) is 3.41. The fourth-order valence-electron chi connectivity index (χ4n) is 4.57. The molecule has 1 atom stereocenters. The Hall–Kier alpha value is -3.91. The van der Waals surface area contributed by atoms with E-state index in [0.29, 0.717) is 11.1 Å². The molecular formula is C29H30N2O5S. The van der Waals surface area contributed by atoms with E-state index in [2.05, 4.69) is 0 Å². The smallest absolute Gasteiger partial charge is 0.336 e. The first-order valence-corrected chi connectivity index (χ1v) is 12.8. The molecule has 0 saturated carbocycles. The molecule has 8 heteroatoms. The summed E-state index contributed by atoms with van der Waals surface area (Å²) >= 11 is 1.51. The number of allylic oxidation sites excluding steroid dienone is 2. The van der Waals surface area contributed by atoms with Gasteiger partial charge in [0.2, 0.25) is 0 Å². The molecule has 192 valence electrons. The van der Waals surface area contributed by atoms with Crippen LogP contribution in [0.2, 0.25) is 0 Å². The van der Waals surface area contributed by atoms with Gasteiger partial charge in [-0.15, -0.1) is 11.3 Å². The van der Waals surface area contributed by atoms with Crippen LogP contribution in [0.5, 0.6) is 5.75 Å². The van der Waals surface area contributed by atoms with E-state index in [4.69, 9.17) is 19.2 Å². The number of hydrogen-bond acceptors (Lipinski definition) is 8. The summed E-state index contributed by atoms with van der Waals surface area (Å²) in [5, 5.41) is 2.78. The van der Waals surface area contributed by atoms with Crippen LogP contribution >= 0.6 is 11.3 Å². The normalized spacial score (nSPS) is 15.6. The summed E-state index contributed by atoms with van der Waals surface area (Å²) in [6.45, 7) is 5.71. The molecule has 0 fully saturated rings. The number of hydrogen-bond donors (Lipinski definition) is 0. The highest BCUT2D eigenvalue weighted by Crippen LogP contribution is 2.46. The highest BCUT2D eigenvalue weighted by molar-refractivity contribution is 7.13. The Kier molecular flexibility index (Phi) is 7.78. The van der Waals surface area contributed by atoms with Crippen molar-refractivity contribution in [3.8, 4) is 27.6 Å². The van der Waals surface area contributed by atoms with Crippen molar-refractivity contribution in [3.05, 3.63) is 82.0 Å². The van der Waals surface area contributed by atoms with Crippen molar-refractivity contribution in [3.63, 3.8) is 0 Å². The number of esters is 2. The third-order valence-corrected chi connectivity index (χ3v) is 7.53. The average molecular weight is 519 g/mol. The van der Waals surface area contributed by atoms with Crippen LogP contribution in [0.15, 0.2) is 76.5 Å². The lowest BCUT2D eigenvalue weighted by Gasteiger charge is -2.36. The van der Waals surface area contributed by atoms with Gasteiger partial charge in [-0.3, -0.25) is 0 Å². The quantitative estimate of drug-likeness (QED) is 0.366. The van der Waals surface area contributed by atoms with Crippen molar-refractivity contribution in [1.82, 2.24) is 9.88 Å². The predicted octanol–water partition coefficient (Wildman–Crippen LogP) is 5.80. The number of ether oxygens (including phenoxy) is 3. The fourth-order valence-corrected chi connectivity index (χ4v) is 5.45. The molecule has 1 unspecified atom stereocenters. The SMILES string of the molecule is CCOC(=O)C1=C(C)N(C)C(C)=C(C(=O)OC)C1c1ccccc1-c1nc(-c2ccc(OC)cc2)cs1. The second-order valence-electron chi connectivity index (χ2n) is 8.56. The standard InChI is InChI=1S/C29H30N2O5S/c1-7-36-29(33)25-18(3)31(4)17(2)24(28(32)35-6)26(25)21-10-8-9-11-22(21)27-30-23(16-37-27)19-12-14-20(34-5)15-13-19/h8-16,26H,7H2,1-6H3. The number of benzene rings is 2. The maximum atomic E-state index is 13.3. The van der Waals surface area contributed by atoms with Crippen LogP contribution in [0.3, 0.4) is 0 Å². The first-order chi connectivity index (χ1) is 17.8. The van der Waals surface area contributed by atoms with Gasteiger partial charge in [0.1, 0.15) is 10.8 Å². The second kappa shape index (κ2) is 11.0. The first-order valence-electron chi connectivity index (χ1n) is 11.9. The van der Waals surface area contributed by atoms with Crippen molar-refractivity contribution >= 4 is 23.3 Å². The molecule has 0 saturated heterocycles. The van der Waals surface area contributed by atoms with E-state index in [1.54, 1.807) is 14.0 Å². The van der Waals surface area contributed by atoms with E-state index in [1.807, 2.05) is 79.7 Å². The zero-order chi connectivity index (χ0) is 26.7. The van der Waals surface area contributed by atoms with Gasteiger partial charge in [-0.05, 0) is 50.6 Å². The molecule has 2 aromatic carbocycles. The van der Waals surface area contributed by atoms with Gasteiger partial charge in [0, 0.05) is 34.9 Å². The largest absolute Gasteiger partial charge is 0.497 e. The van der Waals surface area contributed by atoms with Crippen molar-refractivity contribution in [2.75, 3.05) is 27.9 Å². The lowest BCUT2D eigenvalue weighted by atomic mass is 9.78. The molecule has 0 N–H and O–H groups in total. The summed E-state index contributed by atoms with van der Waals surface area (Å²) in [7, 11) is 4.81. The molecule has 0 bridgehead atoms. The molecule has 0 aliphatic carbocycles. The van der Waals surface area contributed by atoms with Crippen LogP contribution < -0.4 is 4.74 Å². The maximum Gasteiger partial charge on any atom is 0.336 e. The van der Waals surface area contributed by atoms with Crippen LogP contribution in [0, 0.1) is 0 Å². The number of carbonyl (C=O) groups excluding carboxylic acids is 2. The third kappa shape index (κ3) is 4.89. The van der Waals surface area contributed by atoms with Crippen molar-refractivity contribution in [2.45, 2.75) is 26.7 Å². The van der Waals surface area contributed by atoms with Gasteiger partial charge in [-0.1, -0.05) is 24.3 Å². The summed E-state index contributed by atoms with van der Waals surface area (Å²) in [5.74, 6) is -0.847. The number of carbonyl (C=O) groups is 2. The van der Waals surface area contributed by atoms with E-state index >= 15 is 0 Å². The van der Waals surface area contributed by atoms with Crippen LogP contribution in [-0.4, -0.2) is 49.7 Å². The second-order valence-corrected chi connectivity index (χ2v) is 9.41. The van der Waals surface area contributed by atoms with Gasteiger partial charge in [0.25, 0.3) is 0 Å². The summed E-state index contributed by atoms with van der Waals surface area (Å²) in [6.07, 6.45) is 0. The van der Waals surface area contributed by atoms with Gasteiger partial charge >= 0.3 is 11.9 Å². The summed E-state index contributed by atoms with van der Waals surface area (Å²) in [5.41, 5.74) is 5.68. The fraction of sp³-hybridized carbons (Fsp3) is 0.276. The van der Waals surface area contributed by atoms with Crippen molar-refractivity contribution < 1.29 is 23.8 Å². The molecule has 1 aliphatic heterocycles. The van der Waals surface area contributed by atoms with Crippen LogP contribution in [0.1, 0.15) is 32.3 Å². The topological polar surface area (TPSA) is 78.0 Å². The van der Waals surface area contributed by atoms with Gasteiger partial charge in [0.15, 0.2) is 0 Å². The Morgan fingerprint density at radius 2 is 1.62 bits per heavy atom. The summed E-state index contributed by atoms with van der Waals surface area (Å²) in [4.78, 5) is 33.2. The Morgan fingerprint density at radius 1 is 0.973 bits per heavy atom. The highest BCUT2D eigenvalue weighted by Gasteiger charge is 2.40. The minimum atomic E-state index is -0.674. The van der Waals surface area contributed by atoms with Crippen LogP contribution in [-0.2, 0) is 19.1 Å². The lowest BCUT2D eigenvalue weighted by Crippen LogP contribution is -2.33. The highest BCUT2D eigenvalue weighted by atomic mass is 32.1. The number of rotatable bonds is 7. The molecule has 0 amide bonds. The number of aromatic nitrogens is 1. The van der Waals surface area contributed by atoms with Crippen LogP contribution in [0.4, 0.5) is 0 Å². The maximum absolute atomic E-state index is 13.3. The Bertz CT molecular complexity index is 1390. The molecule has 3 aromatic rings. The minimum absolute atomic E-state index is 0.224. The first kappa shape index (κ1) is 26.2. The van der Waals surface area contributed by atoms with Gasteiger partial charge in [-0.25, -0.2) is 14.6 Å². The molecule has 37 heavy (non-hydrogen) atoms. The number of nitrogens with zero attached hydrogens (tertiary/aromatic N) is 2. The van der Waals surface area contributed by atoms with Crippen molar-refractivity contribution in [1.29, 1.82) is 0 Å². The molecule has 7 nitrogen and oxygen atoms in total. The molecule has 4 rings (SSSR count). The Morgan fingerprint density at radius 3 is 2.24 bits per heavy atom. The summed E-state index contributed by atoms with van der Waals surface area (Å²) in [6, 6.07) is 15.5. The number of methoxy groups -OCH3 is 2. The van der Waals surface area contributed by atoms with Gasteiger partial charge in [-0.2, -0.15) is 0 Å². The monoisotopic (exact) mass is 518 g/mol. The van der Waals surface area contributed by atoms with Gasteiger partial charge in [0.05, 0.1) is 43.6 Å². The molecule has 0 spiro atoms. The molecular weight excluding hydrogens is 488 g/mol. The van der Waals surface area contributed by atoms with E-state index < -0.39 is 17.9 Å². The molecule has 2 heterocycles. The van der Waals surface area contributed by atoms with Crippen LogP contribution in [0.25, 0.3) is 21.8 Å². The minimum Gasteiger partial charge on any atom is -0.497 e.